The molecule has 13 nitrogen and oxygen atoms in total. The van der Waals surface area contributed by atoms with E-state index < -0.39 is 58.6 Å². The number of imidazole rings is 1. The molecule has 0 amide bonds. The number of aliphatic hydroxyl groups is 1. The van der Waals surface area contributed by atoms with Gasteiger partial charge in [0.1, 0.15) is 12.2 Å². The van der Waals surface area contributed by atoms with Crippen molar-refractivity contribution >= 4 is 33.1 Å². The van der Waals surface area contributed by atoms with E-state index in [4.69, 9.17) is 10.5 Å². The molecule has 1 aromatic carbocycles. The number of hydrogen-bond acceptors (Lipinski definition) is 9. The van der Waals surface area contributed by atoms with E-state index >= 15 is 0 Å². The lowest BCUT2D eigenvalue weighted by molar-refractivity contribution is -0.743. The molecule has 0 radical (unpaired) electrons. The van der Waals surface area contributed by atoms with E-state index in [0.717, 1.165) is 12.1 Å². The quantitative estimate of drug-likeness (QED) is 0.167. The molecular weight excluding hydrogens is 449 g/mol. The van der Waals surface area contributed by atoms with Gasteiger partial charge in [0.05, 0.1) is 0 Å². The summed E-state index contributed by atoms with van der Waals surface area (Å²) in [5.41, 5.74) is 5.86. The zero-order valence-corrected chi connectivity index (χ0v) is 16.9. The van der Waals surface area contributed by atoms with Crippen LogP contribution in [0.2, 0.25) is 0 Å². The summed E-state index contributed by atoms with van der Waals surface area (Å²) in [6.07, 6.45) is -3.77. The van der Waals surface area contributed by atoms with Crippen molar-refractivity contribution in [3.8, 4) is 5.75 Å². The van der Waals surface area contributed by atoms with E-state index in [0.29, 0.717) is 5.52 Å². The molecule has 0 aliphatic carbocycles. The molecule has 0 spiro atoms. The van der Waals surface area contributed by atoms with Crippen LogP contribution in [0.3, 0.4) is 0 Å². The SMILES string of the molecule is Nc1ncnc2c1[nH]c[n+]2[C@@H]1O[C@H](CNS(=O)(=O)N=C([O-])c2ccccc2[O-])[C@@H](O)[C@H]1F. The number of nitrogens with one attached hydrogen (secondary N) is 2. The van der Waals surface area contributed by atoms with Crippen molar-refractivity contribution in [3.05, 3.63) is 42.5 Å². The summed E-state index contributed by atoms with van der Waals surface area (Å²) in [6, 6.07) is 5.00. The monoisotopic (exact) mass is 466 g/mol. The van der Waals surface area contributed by atoms with E-state index in [1.807, 2.05) is 4.72 Å². The molecule has 2 aromatic heterocycles. The van der Waals surface area contributed by atoms with Crippen LogP contribution < -0.4 is 25.2 Å². The van der Waals surface area contributed by atoms with E-state index in [1.54, 1.807) is 0 Å². The lowest BCUT2D eigenvalue weighted by Crippen LogP contribution is -2.44. The van der Waals surface area contributed by atoms with Gasteiger partial charge in [-0.2, -0.15) is 22.5 Å². The fourth-order valence-corrected chi connectivity index (χ4v) is 3.99. The second kappa shape index (κ2) is 8.27. The Kier molecular flexibility index (Phi) is 5.64. The molecule has 1 saturated heterocycles. The molecule has 0 bridgehead atoms. The van der Waals surface area contributed by atoms with Crippen LogP contribution in [0.25, 0.3) is 11.2 Å². The number of fused-ring (bicyclic) bond motifs is 1. The molecule has 170 valence electrons. The van der Waals surface area contributed by atoms with Crippen LogP contribution in [-0.4, -0.2) is 59.3 Å². The highest BCUT2D eigenvalue weighted by atomic mass is 32.2. The van der Waals surface area contributed by atoms with Gasteiger partial charge in [0.2, 0.25) is 11.7 Å². The van der Waals surface area contributed by atoms with E-state index in [-0.39, 0.29) is 11.5 Å². The summed E-state index contributed by atoms with van der Waals surface area (Å²) >= 11 is 0. The smallest absolute Gasteiger partial charge is 0.319 e. The van der Waals surface area contributed by atoms with Crippen LogP contribution in [0.15, 0.2) is 41.3 Å². The maximum absolute atomic E-state index is 14.7. The summed E-state index contributed by atoms with van der Waals surface area (Å²) in [7, 11) is -4.56. The number of nitrogens with zero attached hydrogens (tertiary/aromatic N) is 4. The fourth-order valence-electron chi connectivity index (χ4n) is 3.23. The Morgan fingerprint density at radius 1 is 1.41 bits per heavy atom. The predicted molar refractivity (Wildman–Crippen MR) is 103 cm³/mol. The fraction of sp³-hybridized carbons (Fsp3) is 0.294. The van der Waals surface area contributed by atoms with Crippen molar-refractivity contribution < 1.29 is 37.4 Å². The highest BCUT2D eigenvalue weighted by Crippen LogP contribution is 2.29. The summed E-state index contributed by atoms with van der Waals surface area (Å²) in [6.45, 7) is -0.587. The lowest BCUT2D eigenvalue weighted by Gasteiger charge is -2.18. The predicted octanol–water partition coefficient (Wildman–Crippen LogP) is -2.86. The number of benzene rings is 1. The molecular formula is C17H17FN7O6S-. The van der Waals surface area contributed by atoms with Gasteiger partial charge in [-0.15, -0.1) is 5.75 Å². The minimum atomic E-state index is -4.56. The average molecular weight is 466 g/mol. The summed E-state index contributed by atoms with van der Waals surface area (Å²) in [4.78, 5) is 10.6. The van der Waals surface area contributed by atoms with Crippen LogP contribution >= 0.6 is 0 Å². The third-order valence-corrected chi connectivity index (χ3v) is 5.74. The van der Waals surface area contributed by atoms with Gasteiger partial charge < -0.3 is 25.8 Å². The molecule has 3 heterocycles. The van der Waals surface area contributed by atoms with Gasteiger partial charge in [-0.25, -0.2) is 8.96 Å². The van der Waals surface area contributed by atoms with Gasteiger partial charge in [-0.3, -0.25) is 4.98 Å². The van der Waals surface area contributed by atoms with Gasteiger partial charge in [0, 0.05) is 12.4 Å². The lowest BCUT2D eigenvalue weighted by atomic mass is 10.1. The van der Waals surface area contributed by atoms with E-state index in [1.165, 1.54) is 29.4 Å². The second-order valence-corrected chi connectivity index (χ2v) is 8.28. The number of rotatable bonds is 6. The molecule has 4 atom stereocenters. The van der Waals surface area contributed by atoms with Crippen molar-refractivity contribution in [2.45, 2.75) is 24.6 Å². The number of aliphatic hydroxyl groups excluding tert-OH is 1. The largest absolute Gasteiger partial charge is 0.872 e. The molecule has 1 aliphatic rings. The average Bonchev–Trinajstić information content (AvgIpc) is 3.29. The Balaban J connectivity index is 1.48. The van der Waals surface area contributed by atoms with Crippen LogP contribution in [0.1, 0.15) is 11.8 Å². The molecule has 1 aliphatic heterocycles. The topological polar surface area (TPSA) is 206 Å². The van der Waals surface area contributed by atoms with Gasteiger partial charge >= 0.3 is 15.9 Å². The first-order valence-corrected chi connectivity index (χ1v) is 10.6. The first-order chi connectivity index (χ1) is 15.2. The van der Waals surface area contributed by atoms with Crippen molar-refractivity contribution in [2.75, 3.05) is 12.3 Å². The number of aromatic amines is 1. The third kappa shape index (κ3) is 4.05. The normalized spacial score (nSPS) is 24.2. The zero-order valence-electron chi connectivity index (χ0n) is 16.1. The van der Waals surface area contributed by atoms with Crippen LogP contribution in [0.5, 0.6) is 5.75 Å². The first kappa shape index (κ1) is 21.8. The molecule has 0 unspecified atom stereocenters. The number of ether oxygens (including phenoxy) is 1. The Morgan fingerprint density at radius 3 is 2.91 bits per heavy atom. The molecule has 0 saturated carbocycles. The number of alkyl halides is 1. The van der Waals surface area contributed by atoms with Crippen molar-refractivity contribution in [3.63, 3.8) is 0 Å². The minimum Gasteiger partial charge on any atom is -0.872 e. The summed E-state index contributed by atoms with van der Waals surface area (Å²) in [5.74, 6) is -1.82. The van der Waals surface area contributed by atoms with Gasteiger partial charge in [-0.1, -0.05) is 29.2 Å². The molecule has 3 aromatic rings. The Bertz CT molecular complexity index is 1280. The van der Waals surface area contributed by atoms with E-state index in [9.17, 15) is 28.1 Å². The van der Waals surface area contributed by atoms with Crippen LogP contribution in [0.4, 0.5) is 10.2 Å². The van der Waals surface area contributed by atoms with Crippen molar-refractivity contribution in [1.29, 1.82) is 0 Å². The number of nitrogen functional groups attached to an aromatic ring is 1. The number of anilines is 1. The number of halogens is 1. The summed E-state index contributed by atoms with van der Waals surface area (Å²) < 4.78 is 50.7. The molecule has 4 rings (SSSR count). The highest BCUT2D eigenvalue weighted by molar-refractivity contribution is 7.88. The van der Waals surface area contributed by atoms with Crippen LogP contribution in [0, 0.1) is 0 Å². The second-order valence-electron chi connectivity index (χ2n) is 6.85. The number of hydrogen-bond donors (Lipinski definition) is 4. The standard InChI is InChI=1S/C17H18FN7O6S/c18-11-13(27)10(31-17(11)25-7-22-12-14(19)20-6-21-15(12)25)5-23-32(29,30)24-16(28)8-3-1-2-4-9(8)26/h1-4,6-7,10-11,13,17,23,27H,5H2,(H4,19,20,21,24,26,28)/p-1/t10-,11-,13-,17-/m1/s1. The van der Waals surface area contributed by atoms with Gasteiger partial charge in [-0.05, 0) is 5.56 Å². The maximum Gasteiger partial charge on any atom is 0.319 e. The van der Waals surface area contributed by atoms with Crippen molar-refractivity contribution in [1.82, 2.24) is 19.7 Å². The van der Waals surface area contributed by atoms with Gasteiger partial charge in [0.25, 0.3) is 0 Å². The molecule has 5 N–H and O–H groups in total. The molecule has 15 heteroatoms. The number of aromatic nitrogens is 4. The Labute approximate surface area is 180 Å². The molecule has 1 fully saturated rings. The zero-order chi connectivity index (χ0) is 23.0. The first-order valence-electron chi connectivity index (χ1n) is 9.17. The van der Waals surface area contributed by atoms with Crippen LogP contribution in [-0.2, 0) is 14.9 Å². The highest BCUT2D eigenvalue weighted by Gasteiger charge is 2.48. The summed E-state index contributed by atoms with van der Waals surface area (Å²) in [5, 5.41) is 33.8. The Hall–Kier alpha value is -3.40. The maximum atomic E-state index is 14.7. The number of H-pyrrole nitrogens is 1. The minimum absolute atomic E-state index is 0.123. The molecule has 32 heavy (non-hydrogen) atoms. The number of para-hydroxylation sites is 1. The Morgan fingerprint density at radius 2 is 2.16 bits per heavy atom. The number of nitrogens with two attached hydrogens (primary N) is 1. The third-order valence-electron chi connectivity index (χ3n) is 4.80. The van der Waals surface area contributed by atoms with Crippen molar-refractivity contribution in [2.24, 2.45) is 4.40 Å². The van der Waals surface area contributed by atoms with Gasteiger partial charge in [0.15, 0.2) is 24.6 Å². The van der Waals surface area contributed by atoms with E-state index in [2.05, 4.69) is 19.3 Å².